The molecule has 0 aromatic carbocycles. The predicted octanol–water partition coefficient (Wildman–Crippen LogP) is 3.22. The first-order valence-electron chi connectivity index (χ1n) is 8.52. The van der Waals surface area contributed by atoms with Crippen LogP contribution in [0.3, 0.4) is 0 Å². The molecule has 1 aliphatic carbocycles. The van der Waals surface area contributed by atoms with Crippen LogP contribution in [0, 0.1) is 0 Å². The molecular formula is C18H28BNO3. The number of hydrogen-bond donors (Lipinski definition) is 0. The van der Waals surface area contributed by atoms with Crippen molar-refractivity contribution in [2.24, 2.45) is 0 Å². The highest BCUT2D eigenvalue weighted by molar-refractivity contribution is 6.61. The van der Waals surface area contributed by atoms with Crippen LogP contribution in [0.15, 0.2) is 12.3 Å². The third-order valence-electron chi connectivity index (χ3n) is 5.01. The van der Waals surface area contributed by atoms with E-state index in [1.165, 1.54) is 0 Å². The summed E-state index contributed by atoms with van der Waals surface area (Å²) in [4.78, 5) is 4.57. The average Bonchev–Trinajstić information content (AvgIpc) is 3.16. The number of aromatic nitrogens is 1. The number of ether oxygens (including phenoxy) is 1. The second-order valence-electron chi connectivity index (χ2n) is 8.76. The third kappa shape index (κ3) is 3.27. The highest BCUT2D eigenvalue weighted by atomic mass is 16.7. The quantitative estimate of drug-likeness (QED) is 0.803. The summed E-state index contributed by atoms with van der Waals surface area (Å²) in [6.07, 6.45) is 4.48. The molecule has 0 atom stereocenters. The lowest BCUT2D eigenvalue weighted by molar-refractivity contribution is 0.00578. The largest absolute Gasteiger partial charge is 0.514 e. The molecule has 1 aromatic heterocycles. The van der Waals surface area contributed by atoms with Crippen molar-refractivity contribution in [3.63, 3.8) is 0 Å². The SMILES string of the molecule is CC(C)(C)c1cc(B2OC(C)(C)C(C)(C)O2)ncc1OC1CC1. The van der Waals surface area contributed by atoms with Gasteiger partial charge in [0, 0.05) is 5.56 Å². The number of rotatable bonds is 3. The maximum Gasteiger partial charge on any atom is 0.514 e. The number of nitrogens with zero attached hydrogens (tertiary/aromatic N) is 1. The lowest BCUT2D eigenvalue weighted by Gasteiger charge is -2.32. The molecule has 23 heavy (non-hydrogen) atoms. The molecule has 2 aliphatic rings. The zero-order valence-corrected chi connectivity index (χ0v) is 15.4. The van der Waals surface area contributed by atoms with Crippen LogP contribution in [0.5, 0.6) is 5.75 Å². The van der Waals surface area contributed by atoms with Gasteiger partial charge in [-0.3, -0.25) is 4.98 Å². The minimum atomic E-state index is -0.434. The Hall–Kier alpha value is -1.07. The van der Waals surface area contributed by atoms with Crippen LogP contribution in [-0.2, 0) is 14.7 Å². The monoisotopic (exact) mass is 317 g/mol. The molecule has 1 saturated heterocycles. The van der Waals surface area contributed by atoms with Crippen LogP contribution in [0.25, 0.3) is 0 Å². The van der Waals surface area contributed by atoms with Crippen LogP contribution in [0.2, 0.25) is 0 Å². The molecule has 126 valence electrons. The van der Waals surface area contributed by atoms with E-state index in [-0.39, 0.29) is 16.6 Å². The van der Waals surface area contributed by atoms with Crippen LogP contribution >= 0.6 is 0 Å². The summed E-state index contributed by atoms with van der Waals surface area (Å²) in [5.74, 6) is 0.889. The van der Waals surface area contributed by atoms with Crippen LogP contribution in [0.1, 0.15) is 66.9 Å². The first kappa shape index (κ1) is 16.8. The molecule has 0 spiro atoms. The standard InChI is InChI=1S/C18H28BNO3/c1-16(2,3)13-10-15(20-11-14(13)21-12-8-9-12)19-22-17(4,5)18(6,7)23-19/h10-12H,8-9H2,1-7H3. The molecule has 1 aliphatic heterocycles. The third-order valence-corrected chi connectivity index (χ3v) is 5.01. The Morgan fingerprint density at radius 3 is 2.17 bits per heavy atom. The van der Waals surface area contributed by atoms with Crippen molar-refractivity contribution in [2.75, 3.05) is 0 Å². The Kier molecular flexibility index (Phi) is 3.81. The van der Waals surface area contributed by atoms with E-state index in [9.17, 15) is 0 Å². The van der Waals surface area contributed by atoms with Crippen LogP contribution < -0.4 is 10.3 Å². The van der Waals surface area contributed by atoms with Gasteiger partial charge >= 0.3 is 7.12 Å². The second-order valence-corrected chi connectivity index (χ2v) is 8.76. The topological polar surface area (TPSA) is 40.6 Å². The maximum absolute atomic E-state index is 6.13. The van der Waals surface area contributed by atoms with Gasteiger partial charge in [-0.2, -0.15) is 0 Å². The highest BCUT2D eigenvalue weighted by Gasteiger charge is 2.52. The van der Waals surface area contributed by atoms with Gasteiger partial charge in [0.15, 0.2) is 0 Å². The fourth-order valence-electron chi connectivity index (χ4n) is 2.60. The van der Waals surface area contributed by atoms with Gasteiger partial charge in [0.1, 0.15) is 5.75 Å². The van der Waals surface area contributed by atoms with Crippen LogP contribution in [-0.4, -0.2) is 29.4 Å². The summed E-state index contributed by atoms with van der Waals surface area (Å²) in [5.41, 5.74) is 1.24. The summed E-state index contributed by atoms with van der Waals surface area (Å²) in [7, 11) is -0.434. The maximum atomic E-state index is 6.13. The Balaban J connectivity index is 1.92. The summed E-state index contributed by atoms with van der Waals surface area (Å²) in [6.45, 7) is 14.8. The molecular weight excluding hydrogens is 289 g/mol. The number of hydrogen-bond acceptors (Lipinski definition) is 4. The van der Waals surface area contributed by atoms with Crippen molar-refractivity contribution in [3.8, 4) is 5.75 Å². The predicted molar refractivity (Wildman–Crippen MR) is 92.3 cm³/mol. The van der Waals surface area contributed by atoms with E-state index >= 15 is 0 Å². The number of pyridine rings is 1. The van der Waals surface area contributed by atoms with Gasteiger partial charge in [-0.25, -0.2) is 0 Å². The van der Waals surface area contributed by atoms with E-state index in [2.05, 4.69) is 59.5 Å². The first-order chi connectivity index (χ1) is 10.5. The minimum absolute atomic E-state index is 0.0223. The molecule has 2 heterocycles. The smallest absolute Gasteiger partial charge is 0.489 e. The fourth-order valence-corrected chi connectivity index (χ4v) is 2.60. The zero-order valence-electron chi connectivity index (χ0n) is 15.4. The summed E-state index contributed by atoms with van der Waals surface area (Å²) in [6, 6.07) is 2.08. The molecule has 0 bridgehead atoms. The molecule has 1 aromatic rings. The van der Waals surface area contributed by atoms with E-state index in [1.54, 1.807) is 0 Å². The zero-order chi connectivity index (χ0) is 17.0. The minimum Gasteiger partial charge on any atom is -0.489 e. The molecule has 2 fully saturated rings. The highest BCUT2D eigenvalue weighted by Crippen LogP contribution is 2.38. The van der Waals surface area contributed by atoms with Crippen molar-refractivity contribution >= 4 is 12.7 Å². The summed E-state index contributed by atoms with van der Waals surface area (Å²) < 4.78 is 18.3. The lowest BCUT2D eigenvalue weighted by atomic mass is 9.79. The van der Waals surface area contributed by atoms with Crippen molar-refractivity contribution in [1.82, 2.24) is 4.98 Å². The Bertz CT molecular complexity index is 587. The molecule has 0 radical (unpaired) electrons. The van der Waals surface area contributed by atoms with Gasteiger partial charge in [-0.15, -0.1) is 0 Å². The van der Waals surface area contributed by atoms with Gasteiger partial charge in [0.05, 0.1) is 29.1 Å². The molecule has 0 amide bonds. The molecule has 3 rings (SSSR count). The van der Waals surface area contributed by atoms with E-state index in [0.29, 0.717) is 6.10 Å². The Labute approximate surface area is 140 Å². The molecule has 0 N–H and O–H groups in total. The van der Waals surface area contributed by atoms with Gasteiger partial charge in [0.25, 0.3) is 0 Å². The van der Waals surface area contributed by atoms with E-state index in [1.807, 2.05) is 6.20 Å². The van der Waals surface area contributed by atoms with E-state index in [0.717, 1.165) is 29.7 Å². The van der Waals surface area contributed by atoms with E-state index in [4.69, 9.17) is 14.0 Å². The van der Waals surface area contributed by atoms with Gasteiger partial charge < -0.3 is 14.0 Å². The van der Waals surface area contributed by atoms with Crippen molar-refractivity contribution in [3.05, 3.63) is 17.8 Å². The average molecular weight is 317 g/mol. The second kappa shape index (κ2) is 5.22. The fraction of sp³-hybridized carbons (Fsp3) is 0.722. The van der Waals surface area contributed by atoms with Crippen molar-refractivity contribution < 1.29 is 14.0 Å². The summed E-state index contributed by atoms with van der Waals surface area (Å²) in [5, 5.41) is 0. The molecule has 4 nitrogen and oxygen atoms in total. The molecule has 5 heteroatoms. The summed E-state index contributed by atoms with van der Waals surface area (Å²) >= 11 is 0. The van der Waals surface area contributed by atoms with Gasteiger partial charge in [0.2, 0.25) is 0 Å². The molecule has 0 unspecified atom stereocenters. The normalized spacial score (nSPS) is 23.2. The molecule has 1 saturated carbocycles. The van der Waals surface area contributed by atoms with Crippen molar-refractivity contribution in [1.29, 1.82) is 0 Å². The van der Waals surface area contributed by atoms with Gasteiger partial charge in [-0.05, 0) is 52.0 Å². The Morgan fingerprint density at radius 2 is 1.70 bits per heavy atom. The van der Waals surface area contributed by atoms with Crippen LogP contribution in [0.4, 0.5) is 0 Å². The first-order valence-corrected chi connectivity index (χ1v) is 8.52. The van der Waals surface area contributed by atoms with Gasteiger partial charge in [-0.1, -0.05) is 20.8 Å². The van der Waals surface area contributed by atoms with E-state index < -0.39 is 7.12 Å². The lowest BCUT2D eigenvalue weighted by Crippen LogP contribution is -2.41. The Morgan fingerprint density at radius 1 is 1.13 bits per heavy atom. The van der Waals surface area contributed by atoms with Crippen molar-refractivity contribution in [2.45, 2.75) is 84.0 Å².